The summed E-state index contributed by atoms with van der Waals surface area (Å²) < 4.78 is 62.8. The molecule has 0 radical (unpaired) electrons. The van der Waals surface area contributed by atoms with E-state index in [4.69, 9.17) is 9.47 Å². The van der Waals surface area contributed by atoms with E-state index < -0.39 is 21.7 Å². The molecule has 0 atom stereocenters. The first-order chi connectivity index (χ1) is 10.9. The summed E-state index contributed by atoms with van der Waals surface area (Å²) in [6, 6.07) is 7.30. The number of benzene rings is 2. The van der Waals surface area contributed by atoms with Gasteiger partial charge in [-0.1, -0.05) is 0 Å². The fourth-order valence-electron chi connectivity index (χ4n) is 1.87. The first-order valence-electron chi connectivity index (χ1n) is 6.52. The number of halogens is 2. The average molecular weight is 343 g/mol. The van der Waals surface area contributed by atoms with Gasteiger partial charge in [-0.25, -0.2) is 21.9 Å². The summed E-state index contributed by atoms with van der Waals surface area (Å²) >= 11 is 0. The van der Waals surface area contributed by atoms with Crippen molar-refractivity contribution in [1.82, 2.24) is 4.72 Å². The largest absolute Gasteiger partial charge is 0.497 e. The van der Waals surface area contributed by atoms with Crippen molar-refractivity contribution in [2.45, 2.75) is 11.4 Å². The molecule has 0 aliphatic rings. The van der Waals surface area contributed by atoms with E-state index in [0.29, 0.717) is 23.1 Å². The van der Waals surface area contributed by atoms with Gasteiger partial charge >= 0.3 is 0 Å². The lowest BCUT2D eigenvalue weighted by Gasteiger charge is -2.10. The van der Waals surface area contributed by atoms with Gasteiger partial charge in [0.05, 0.1) is 19.1 Å². The summed E-state index contributed by atoms with van der Waals surface area (Å²) in [7, 11) is -1.02. The molecule has 8 heteroatoms. The van der Waals surface area contributed by atoms with Crippen LogP contribution in [0.3, 0.4) is 0 Å². The smallest absolute Gasteiger partial charge is 0.240 e. The normalized spacial score (nSPS) is 11.3. The Morgan fingerprint density at radius 2 is 1.57 bits per heavy atom. The van der Waals surface area contributed by atoms with Gasteiger partial charge in [0.15, 0.2) is 11.6 Å². The Balaban J connectivity index is 2.20. The van der Waals surface area contributed by atoms with Crippen LogP contribution in [0.1, 0.15) is 5.56 Å². The van der Waals surface area contributed by atoms with Gasteiger partial charge in [-0.05, 0) is 35.9 Å². The zero-order valence-corrected chi connectivity index (χ0v) is 13.3. The van der Waals surface area contributed by atoms with Crippen LogP contribution in [0.15, 0.2) is 41.3 Å². The Morgan fingerprint density at radius 1 is 0.957 bits per heavy atom. The molecule has 2 aromatic carbocycles. The highest BCUT2D eigenvalue weighted by atomic mass is 32.2. The lowest BCUT2D eigenvalue weighted by atomic mass is 10.2. The van der Waals surface area contributed by atoms with Gasteiger partial charge in [0.2, 0.25) is 10.0 Å². The monoisotopic (exact) mass is 343 g/mol. The van der Waals surface area contributed by atoms with E-state index in [1.807, 2.05) is 0 Å². The first kappa shape index (κ1) is 17.2. The molecule has 0 heterocycles. The fourth-order valence-corrected chi connectivity index (χ4v) is 2.90. The quantitative estimate of drug-likeness (QED) is 0.875. The summed E-state index contributed by atoms with van der Waals surface area (Å²) in [5.74, 6) is -1.32. The summed E-state index contributed by atoms with van der Waals surface area (Å²) in [6.07, 6.45) is 0. The van der Waals surface area contributed by atoms with Crippen molar-refractivity contribution < 1.29 is 26.7 Å². The average Bonchev–Trinajstić information content (AvgIpc) is 2.55. The van der Waals surface area contributed by atoms with E-state index in [-0.39, 0.29) is 11.4 Å². The van der Waals surface area contributed by atoms with Crippen molar-refractivity contribution in [3.63, 3.8) is 0 Å². The maximum atomic E-state index is 13.2. The maximum absolute atomic E-state index is 13.2. The van der Waals surface area contributed by atoms with Crippen molar-refractivity contribution in [3.8, 4) is 11.5 Å². The van der Waals surface area contributed by atoms with Crippen LogP contribution in [0.2, 0.25) is 0 Å². The van der Waals surface area contributed by atoms with Crippen LogP contribution in [-0.4, -0.2) is 22.6 Å². The molecular formula is C15H15F2NO4S. The Morgan fingerprint density at radius 3 is 2.09 bits per heavy atom. The minimum Gasteiger partial charge on any atom is -0.497 e. The van der Waals surface area contributed by atoms with Crippen LogP contribution in [0.25, 0.3) is 0 Å². The van der Waals surface area contributed by atoms with Gasteiger partial charge in [-0.3, -0.25) is 0 Å². The standard InChI is InChI=1S/C15H15F2NO4S/c1-21-11-5-10(6-12(7-11)22-2)9-18-23(19,20)13-3-4-14(16)15(17)8-13/h3-8,18H,9H2,1-2H3. The number of hydrogen-bond acceptors (Lipinski definition) is 4. The zero-order valence-electron chi connectivity index (χ0n) is 12.5. The van der Waals surface area contributed by atoms with Crippen LogP contribution in [0, 0.1) is 11.6 Å². The van der Waals surface area contributed by atoms with Gasteiger partial charge < -0.3 is 9.47 Å². The molecule has 1 N–H and O–H groups in total. The molecule has 0 aliphatic carbocycles. The van der Waals surface area contributed by atoms with Crippen molar-refractivity contribution >= 4 is 10.0 Å². The molecule has 2 aromatic rings. The molecule has 2 rings (SSSR count). The van der Waals surface area contributed by atoms with Gasteiger partial charge in [0.1, 0.15) is 11.5 Å². The molecule has 23 heavy (non-hydrogen) atoms. The van der Waals surface area contributed by atoms with Crippen molar-refractivity contribution in [1.29, 1.82) is 0 Å². The number of hydrogen-bond donors (Lipinski definition) is 1. The second-order valence-corrected chi connectivity index (χ2v) is 6.39. The Bertz CT molecular complexity index is 787. The Labute approximate surface area is 132 Å². The molecule has 0 fully saturated rings. The predicted octanol–water partition coefficient (Wildman–Crippen LogP) is 2.46. The Hall–Kier alpha value is -2.19. The maximum Gasteiger partial charge on any atom is 0.240 e. The fraction of sp³-hybridized carbons (Fsp3) is 0.200. The second-order valence-electron chi connectivity index (χ2n) is 4.62. The minimum atomic E-state index is -3.98. The molecule has 5 nitrogen and oxygen atoms in total. The van der Waals surface area contributed by atoms with Crippen molar-refractivity contribution in [3.05, 3.63) is 53.6 Å². The highest BCUT2D eigenvalue weighted by molar-refractivity contribution is 7.89. The highest BCUT2D eigenvalue weighted by Gasteiger charge is 2.16. The molecule has 0 aliphatic heterocycles. The summed E-state index contributed by atoms with van der Waals surface area (Å²) in [6.45, 7) is -0.0606. The van der Waals surface area contributed by atoms with E-state index in [1.165, 1.54) is 14.2 Å². The lowest BCUT2D eigenvalue weighted by molar-refractivity contribution is 0.393. The summed E-state index contributed by atoms with van der Waals surface area (Å²) in [5.41, 5.74) is 0.590. The topological polar surface area (TPSA) is 64.6 Å². The van der Waals surface area contributed by atoms with E-state index in [1.54, 1.807) is 18.2 Å². The van der Waals surface area contributed by atoms with E-state index in [0.717, 1.165) is 12.1 Å². The SMILES string of the molecule is COc1cc(CNS(=O)(=O)c2ccc(F)c(F)c2)cc(OC)c1. The van der Waals surface area contributed by atoms with Crippen LogP contribution in [0.5, 0.6) is 11.5 Å². The molecule has 124 valence electrons. The summed E-state index contributed by atoms with van der Waals surface area (Å²) in [4.78, 5) is -0.355. The van der Waals surface area contributed by atoms with Crippen molar-refractivity contribution in [2.24, 2.45) is 0 Å². The van der Waals surface area contributed by atoms with Gasteiger partial charge in [0.25, 0.3) is 0 Å². The van der Waals surface area contributed by atoms with E-state index in [9.17, 15) is 17.2 Å². The third-order valence-electron chi connectivity index (χ3n) is 3.08. The van der Waals surface area contributed by atoms with Crippen molar-refractivity contribution in [2.75, 3.05) is 14.2 Å². The first-order valence-corrected chi connectivity index (χ1v) is 8.00. The Kier molecular flexibility index (Phi) is 5.17. The number of sulfonamides is 1. The van der Waals surface area contributed by atoms with Gasteiger partial charge in [-0.2, -0.15) is 0 Å². The molecule has 0 saturated carbocycles. The minimum absolute atomic E-state index is 0.0606. The van der Waals surface area contributed by atoms with Crippen LogP contribution >= 0.6 is 0 Å². The van der Waals surface area contributed by atoms with Crippen LogP contribution in [0.4, 0.5) is 8.78 Å². The zero-order chi connectivity index (χ0) is 17.0. The number of nitrogens with one attached hydrogen (secondary N) is 1. The molecule has 0 saturated heterocycles. The van der Waals surface area contributed by atoms with Crippen LogP contribution < -0.4 is 14.2 Å². The molecule has 0 amide bonds. The molecule has 0 bridgehead atoms. The highest BCUT2D eigenvalue weighted by Crippen LogP contribution is 2.23. The van der Waals surface area contributed by atoms with Crippen LogP contribution in [-0.2, 0) is 16.6 Å². The number of ether oxygens (including phenoxy) is 2. The third kappa shape index (κ3) is 4.17. The molecule has 0 aromatic heterocycles. The second kappa shape index (κ2) is 6.93. The molecule has 0 spiro atoms. The number of rotatable bonds is 6. The predicted molar refractivity (Wildman–Crippen MR) is 79.9 cm³/mol. The molecular weight excluding hydrogens is 328 g/mol. The van der Waals surface area contributed by atoms with E-state index >= 15 is 0 Å². The summed E-state index contributed by atoms with van der Waals surface area (Å²) in [5, 5.41) is 0. The number of methoxy groups -OCH3 is 2. The third-order valence-corrected chi connectivity index (χ3v) is 4.48. The lowest BCUT2D eigenvalue weighted by Crippen LogP contribution is -2.23. The van der Waals surface area contributed by atoms with Gasteiger partial charge in [-0.15, -0.1) is 0 Å². The molecule has 0 unspecified atom stereocenters. The van der Waals surface area contributed by atoms with Gasteiger partial charge in [0, 0.05) is 12.6 Å². The van der Waals surface area contributed by atoms with E-state index in [2.05, 4.69) is 4.72 Å².